The van der Waals surface area contributed by atoms with Crippen molar-refractivity contribution in [2.75, 3.05) is 7.11 Å². The van der Waals surface area contributed by atoms with Crippen molar-refractivity contribution in [3.63, 3.8) is 0 Å². The lowest BCUT2D eigenvalue weighted by Crippen LogP contribution is -2.33. The van der Waals surface area contributed by atoms with Crippen molar-refractivity contribution in [2.24, 2.45) is 0 Å². The van der Waals surface area contributed by atoms with E-state index in [0.717, 1.165) is 21.3 Å². The second-order valence-electron chi connectivity index (χ2n) is 7.49. The minimum Gasteiger partial charge on any atom is -0.497 e. The third-order valence-corrected chi connectivity index (χ3v) is 5.21. The van der Waals surface area contributed by atoms with Crippen LogP contribution < -0.4 is 21.4 Å². The Bertz CT molecular complexity index is 1380. The summed E-state index contributed by atoms with van der Waals surface area (Å²) in [7, 11) is 1.56. The molecule has 0 fully saturated rings. The molecule has 0 bridgehead atoms. The summed E-state index contributed by atoms with van der Waals surface area (Å²) in [6.07, 6.45) is 0. The Hall–Kier alpha value is -4.13. The molecule has 4 aromatic rings. The van der Waals surface area contributed by atoms with E-state index in [0.29, 0.717) is 17.9 Å². The van der Waals surface area contributed by atoms with Gasteiger partial charge < -0.3 is 14.5 Å². The molecule has 0 radical (unpaired) electrons. The number of amides is 1. The van der Waals surface area contributed by atoms with Gasteiger partial charge in [0.2, 0.25) is 0 Å². The summed E-state index contributed by atoms with van der Waals surface area (Å²) >= 11 is 0. The van der Waals surface area contributed by atoms with E-state index in [-0.39, 0.29) is 23.4 Å². The molecule has 7 nitrogen and oxygen atoms in total. The van der Waals surface area contributed by atoms with Crippen LogP contribution in [-0.4, -0.2) is 17.6 Å². The number of benzene rings is 3. The van der Waals surface area contributed by atoms with Crippen LogP contribution in [0.25, 0.3) is 11.0 Å². The predicted octanol–water partition coefficient (Wildman–Crippen LogP) is 3.25. The molecule has 4 rings (SSSR count). The maximum atomic E-state index is 13.0. The maximum Gasteiger partial charge on any atom is 0.422 e. The number of ether oxygens (including phenoxy) is 1. The summed E-state index contributed by atoms with van der Waals surface area (Å²) in [5, 5.41) is 3.01. The standard InChI is InChI=1S/C25H22N2O5/c1-16-3-5-17(6-4-16)14-26-23(28)19-9-12-22-21(13-19)24(29)27(25(30)32-22)15-18-7-10-20(31-2)11-8-18/h3-13H,14-15H2,1-2H3,(H,26,28). The van der Waals surface area contributed by atoms with Gasteiger partial charge in [-0.25, -0.2) is 9.36 Å². The first-order valence-electron chi connectivity index (χ1n) is 10.1. The molecule has 0 aliphatic rings. The molecular formula is C25H22N2O5. The molecular weight excluding hydrogens is 408 g/mol. The molecule has 0 saturated carbocycles. The van der Waals surface area contributed by atoms with Gasteiger partial charge in [-0.2, -0.15) is 0 Å². The van der Waals surface area contributed by atoms with Gasteiger partial charge in [0, 0.05) is 12.1 Å². The fraction of sp³-hybridized carbons (Fsp3) is 0.160. The van der Waals surface area contributed by atoms with Crippen LogP contribution in [0.3, 0.4) is 0 Å². The Morgan fingerprint density at radius 3 is 2.34 bits per heavy atom. The number of aromatic nitrogens is 1. The third kappa shape index (κ3) is 4.46. The van der Waals surface area contributed by atoms with Crippen molar-refractivity contribution >= 4 is 16.9 Å². The van der Waals surface area contributed by atoms with Gasteiger partial charge in [0.25, 0.3) is 11.5 Å². The van der Waals surface area contributed by atoms with Crippen LogP contribution >= 0.6 is 0 Å². The highest BCUT2D eigenvalue weighted by Crippen LogP contribution is 2.14. The monoisotopic (exact) mass is 430 g/mol. The van der Waals surface area contributed by atoms with Crippen LogP contribution in [-0.2, 0) is 13.1 Å². The molecule has 0 aliphatic carbocycles. The number of carbonyl (C=O) groups is 1. The van der Waals surface area contributed by atoms with Crippen LogP contribution in [0.4, 0.5) is 0 Å². The molecule has 1 aromatic heterocycles. The van der Waals surface area contributed by atoms with Gasteiger partial charge in [-0.1, -0.05) is 42.0 Å². The first kappa shape index (κ1) is 21.1. The van der Waals surface area contributed by atoms with Gasteiger partial charge in [0.15, 0.2) is 0 Å². The molecule has 0 saturated heterocycles. The Balaban J connectivity index is 1.60. The van der Waals surface area contributed by atoms with Gasteiger partial charge in [0.05, 0.1) is 19.0 Å². The number of rotatable bonds is 6. The quantitative estimate of drug-likeness (QED) is 0.507. The molecule has 3 aromatic carbocycles. The average Bonchev–Trinajstić information content (AvgIpc) is 2.81. The number of hydrogen-bond acceptors (Lipinski definition) is 5. The fourth-order valence-electron chi connectivity index (χ4n) is 3.35. The van der Waals surface area contributed by atoms with Crippen molar-refractivity contribution in [3.8, 4) is 5.75 Å². The molecule has 1 amide bonds. The zero-order valence-electron chi connectivity index (χ0n) is 17.8. The van der Waals surface area contributed by atoms with E-state index in [2.05, 4.69) is 5.32 Å². The van der Waals surface area contributed by atoms with Crippen LogP contribution in [0.15, 0.2) is 80.7 Å². The zero-order chi connectivity index (χ0) is 22.7. The number of nitrogens with one attached hydrogen (secondary N) is 1. The topological polar surface area (TPSA) is 90.5 Å². The van der Waals surface area contributed by atoms with Crippen molar-refractivity contribution in [1.82, 2.24) is 9.88 Å². The highest BCUT2D eigenvalue weighted by molar-refractivity contribution is 5.97. The third-order valence-electron chi connectivity index (χ3n) is 5.21. The zero-order valence-corrected chi connectivity index (χ0v) is 17.8. The van der Waals surface area contributed by atoms with Gasteiger partial charge in [-0.15, -0.1) is 0 Å². The number of fused-ring (bicyclic) bond motifs is 1. The van der Waals surface area contributed by atoms with E-state index in [4.69, 9.17) is 9.15 Å². The molecule has 0 unspecified atom stereocenters. The van der Waals surface area contributed by atoms with Gasteiger partial charge in [-0.05, 0) is 48.4 Å². The van der Waals surface area contributed by atoms with E-state index in [9.17, 15) is 14.4 Å². The normalized spacial score (nSPS) is 10.8. The summed E-state index contributed by atoms with van der Waals surface area (Å²) < 4.78 is 11.5. The van der Waals surface area contributed by atoms with E-state index in [1.165, 1.54) is 18.2 Å². The Kier molecular flexibility index (Phi) is 5.89. The summed E-state index contributed by atoms with van der Waals surface area (Å²) in [6, 6.07) is 19.3. The first-order chi connectivity index (χ1) is 15.4. The van der Waals surface area contributed by atoms with Crippen molar-refractivity contribution in [2.45, 2.75) is 20.0 Å². The van der Waals surface area contributed by atoms with Crippen molar-refractivity contribution in [3.05, 3.63) is 110 Å². The number of nitrogens with zero attached hydrogens (tertiary/aromatic N) is 1. The highest BCUT2D eigenvalue weighted by atomic mass is 16.5. The molecule has 0 spiro atoms. The fourth-order valence-corrected chi connectivity index (χ4v) is 3.35. The lowest BCUT2D eigenvalue weighted by atomic mass is 10.1. The number of carbonyl (C=O) groups excluding carboxylic acids is 1. The van der Waals surface area contributed by atoms with E-state index >= 15 is 0 Å². The Morgan fingerprint density at radius 1 is 0.969 bits per heavy atom. The van der Waals surface area contributed by atoms with Crippen LogP contribution in [0.1, 0.15) is 27.0 Å². The summed E-state index contributed by atoms with van der Waals surface area (Å²) in [4.78, 5) is 38.0. The molecule has 0 atom stereocenters. The molecule has 1 N–H and O–H groups in total. The Morgan fingerprint density at radius 2 is 1.66 bits per heavy atom. The van der Waals surface area contributed by atoms with Crippen LogP contribution in [0.5, 0.6) is 5.75 Å². The molecule has 32 heavy (non-hydrogen) atoms. The number of hydrogen-bond donors (Lipinski definition) is 1. The number of methoxy groups -OCH3 is 1. The lowest BCUT2D eigenvalue weighted by Gasteiger charge is -2.08. The van der Waals surface area contributed by atoms with E-state index in [1.54, 1.807) is 31.4 Å². The van der Waals surface area contributed by atoms with Crippen LogP contribution in [0.2, 0.25) is 0 Å². The minimum absolute atomic E-state index is 0.0466. The predicted molar refractivity (Wildman–Crippen MR) is 121 cm³/mol. The van der Waals surface area contributed by atoms with E-state index in [1.807, 2.05) is 31.2 Å². The van der Waals surface area contributed by atoms with Crippen LogP contribution in [0, 0.1) is 6.92 Å². The molecule has 1 heterocycles. The summed E-state index contributed by atoms with van der Waals surface area (Å²) in [5.41, 5.74) is 2.79. The lowest BCUT2D eigenvalue weighted by molar-refractivity contribution is 0.0951. The highest BCUT2D eigenvalue weighted by Gasteiger charge is 2.14. The van der Waals surface area contributed by atoms with Crippen molar-refractivity contribution in [1.29, 1.82) is 0 Å². The maximum absolute atomic E-state index is 13.0. The SMILES string of the molecule is COc1ccc(Cn2c(=O)oc3ccc(C(=O)NCc4ccc(C)cc4)cc3c2=O)cc1. The molecule has 7 heteroatoms. The van der Waals surface area contributed by atoms with Gasteiger partial charge >= 0.3 is 5.76 Å². The largest absolute Gasteiger partial charge is 0.497 e. The second-order valence-corrected chi connectivity index (χ2v) is 7.49. The van der Waals surface area contributed by atoms with Crippen molar-refractivity contribution < 1.29 is 13.9 Å². The minimum atomic E-state index is -0.755. The molecule has 162 valence electrons. The summed E-state index contributed by atoms with van der Waals surface area (Å²) in [6.45, 7) is 2.41. The average molecular weight is 430 g/mol. The first-order valence-corrected chi connectivity index (χ1v) is 10.1. The smallest absolute Gasteiger partial charge is 0.422 e. The van der Waals surface area contributed by atoms with Gasteiger partial charge in [-0.3, -0.25) is 9.59 Å². The number of aryl methyl sites for hydroxylation is 1. The summed E-state index contributed by atoms with van der Waals surface area (Å²) in [5.74, 6) is -0.400. The second kappa shape index (κ2) is 8.93. The molecule has 0 aliphatic heterocycles. The Labute approximate surface area is 183 Å². The van der Waals surface area contributed by atoms with E-state index < -0.39 is 11.3 Å². The van der Waals surface area contributed by atoms with Gasteiger partial charge in [0.1, 0.15) is 11.3 Å².